The molecule has 0 saturated heterocycles. The number of hydrogen-bond donors (Lipinski definition) is 1. The van der Waals surface area contributed by atoms with E-state index in [2.05, 4.69) is 36.1 Å². The van der Waals surface area contributed by atoms with E-state index < -0.39 is 0 Å². The highest BCUT2D eigenvalue weighted by Crippen LogP contribution is 2.37. The van der Waals surface area contributed by atoms with E-state index in [9.17, 15) is 0 Å². The van der Waals surface area contributed by atoms with Gasteiger partial charge in [0.25, 0.3) is 0 Å². The third-order valence-electron chi connectivity index (χ3n) is 2.89. The second-order valence-electron chi connectivity index (χ2n) is 3.80. The van der Waals surface area contributed by atoms with Gasteiger partial charge in [-0.15, -0.1) is 11.8 Å². The molecular weight excluding hydrogens is 204 g/mol. The van der Waals surface area contributed by atoms with E-state index in [0.717, 1.165) is 19.5 Å². The molecule has 0 aliphatic carbocycles. The Kier molecular flexibility index (Phi) is 3.54. The highest BCUT2D eigenvalue weighted by molar-refractivity contribution is 7.99. The zero-order valence-electron chi connectivity index (χ0n) is 9.15. The van der Waals surface area contributed by atoms with E-state index in [-0.39, 0.29) is 0 Å². The van der Waals surface area contributed by atoms with E-state index >= 15 is 0 Å². The fraction of sp³-hybridized carbons (Fsp3) is 0.500. The Morgan fingerprint density at radius 1 is 1.47 bits per heavy atom. The lowest BCUT2D eigenvalue weighted by Gasteiger charge is -2.37. The van der Waals surface area contributed by atoms with Crippen LogP contribution in [0.2, 0.25) is 0 Å². The van der Waals surface area contributed by atoms with Gasteiger partial charge in [0.2, 0.25) is 0 Å². The minimum absolute atomic E-state index is 0.611. The lowest BCUT2D eigenvalue weighted by Crippen LogP contribution is -2.41. The molecule has 0 radical (unpaired) electrons. The minimum atomic E-state index is 0.611. The Balaban J connectivity index is 2.26. The van der Waals surface area contributed by atoms with Gasteiger partial charge >= 0.3 is 0 Å². The summed E-state index contributed by atoms with van der Waals surface area (Å²) in [5.41, 5.74) is 7.04. The van der Waals surface area contributed by atoms with Gasteiger partial charge in [-0.2, -0.15) is 0 Å². The van der Waals surface area contributed by atoms with E-state index in [4.69, 9.17) is 5.73 Å². The summed E-state index contributed by atoms with van der Waals surface area (Å²) in [4.78, 5) is 3.89. The van der Waals surface area contributed by atoms with Crippen molar-refractivity contribution in [1.29, 1.82) is 0 Å². The van der Waals surface area contributed by atoms with Crippen LogP contribution >= 0.6 is 11.8 Å². The number of fused-ring (bicyclic) bond motifs is 1. The van der Waals surface area contributed by atoms with Crippen LogP contribution < -0.4 is 10.6 Å². The molecule has 0 aromatic heterocycles. The zero-order valence-corrected chi connectivity index (χ0v) is 9.96. The van der Waals surface area contributed by atoms with Gasteiger partial charge in [-0.25, -0.2) is 0 Å². The van der Waals surface area contributed by atoms with Gasteiger partial charge < -0.3 is 10.6 Å². The monoisotopic (exact) mass is 222 g/mol. The predicted molar refractivity (Wildman–Crippen MR) is 67.6 cm³/mol. The molecule has 0 fully saturated rings. The van der Waals surface area contributed by atoms with Crippen molar-refractivity contribution in [3.63, 3.8) is 0 Å². The SMILES string of the molecule is CCN1c2ccccc2SCC1CCN. The standard InChI is InChI=1S/C12H18N2S/c1-2-14-10(7-8-13)9-15-12-6-4-3-5-11(12)14/h3-6,10H,2,7-9,13H2,1H3. The Hall–Kier alpha value is -0.670. The summed E-state index contributed by atoms with van der Waals surface area (Å²) in [6.07, 6.45) is 1.09. The first-order chi connectivity index (χ1) is 7.36. The molecule has 1 atom stereocenters. The van der Waals surface area contributed by atoms with E-state index in [0.29, 0.717) is 6.04 Å². The smallest absolute Gasteiger partial charge is 0.0507 e. The van der Waals surface area contributed by atoms with Gasteiger partial charge in [0, 0.05) is 23.2 Å². The van der Waals surface area contributed by atoms with Crippen LogP contribution in [-0.4, -0.2) is 24.9 Å². The summed E-state index contributed by atoms with van der Waals surface area (Å²) in [6.45, 7) is 4.07. The van der Waals surface area contributed by atoms with Gasteiger partial charge in [0.1, 0.15) is 0 Å². The van der Waals surface area contributed by atoms with Crippen molar-refractivity contribution in [2.24, 2.45) is 5.73 Å². The van der Waals surface area contributed by atoms with Crippen LogP contribution in [0.5, 0.6) is 0 Å². The van der Waals surface area contributed by atoms with Crippen LogP contribution in [0.3, 0.4) is 0 Å². The number of para-hydroxylation sites is 1. The molecule has 0 amide bonds. The summed E-state index contributed by atoms with van der Waals surface area (Å²) in [6, 6.07) is 9.27. The summed E-state index contributed by atoms with van der Waals surface area (Å²) < 4.78 is 0. The number of benzene rings is 1. The number of nitrogens with zero attached hydrogens (tertiary/aromatic N) is 1. The molecule has 0 spiro atoms. The van der Waals surface area contributed by atoms with Crippen LogP contribution in [0.25, 0.3) is 0 Å². The highest BCUT2D eigenvalue weighted by Gasteiger charge is 2.24. The summed E-state index contributed by atoms with van der Waals surface area (Å²) in [5, 5.41) is 0. The lowest BCUT2D eigenvalue weighted by atomic mass is 10.1. The Morgan fingerprint density at radius 2 is 2.27 bits per heavy atom. The molecule has 1 aromatic carbocycles. The number of hydrogen-bond acceptors (Lipinski definition) is 3. The first-order valence-electron chi connectivity index (χ1n) is 5.55. The lowest BCUT2D eigenvalue weighted by molar-refractivity contribution is 0.605. The van der Waals surface area contributed by atoms with Crippen molar-refractivity contribution >= 4 is 17.4 Å². The largest absolute Gasteiger partial charge is 0.367 e. The molecule has 0 saturated carbocycles. The van der Waals surface area contributed by atoms with Crippen LogP contribution in [0, 0.1) is 0 Å². The van der Waals surface area contributed by atoms with Crippen LogP contribution in [0.1, 0.15) is 13.3 Å². The predicted octanol–water partition coefficient (Wildman–Crippen LogP) is 2.34. The second kappa shape index (κ2) is 4.90. The van der Waals surface area contributed by atoms with E-state index in [1.165, 1.54) is 16.3 Å². The van der Waals surface area contributed by atoms with Crippen LogP contribution in [-0.2, 0) is 0 Å². The molecular formula is C12H18N2S. The van der Waals surface area contributed by atoms with Gasteiger partial charge in [-0.3, -0.25) is 0 Å². The maximum atomic E-state index is 5.66. The first kappa shape index (κ1) is 10.8. The number of thioether (sulfide) groups is 1. The maximum absolute atomic E-state index is 5.66. The van der Waals surface area contributed by atoms with Gasteiger partial charge in [-0.1, -0.05) is 12.1 Å². The average Bonchev–Trinajstić information content (AvgIpc) is 2.29. The fourth-order valence-corrected chi connectivity index (χ4v) is 3.38. The number of rotatable bonds is 3. The molecule has 2 N–H and O–H groups in total. The van der Waals surface area contributed by atoms with Gasteiger partial charge in [0.05, 0.1) is 5.69 Å². The van der Waals surface area contributed by atoms with Gasteiger partial charge in [-0.05, 0) is 32.0 Å². The summed E-state index contributed by atoms with van der Waals surface area (Å²) >= 11 is 1.96. The number of nitrogens with two attached hydrogens (primary N) is 1. The molecule has 1 aliphatic heterocycles. The minimum Gasteiger partial charge on any atom is -0.367 e. The van der Waals surface area contributed by atoms with E-state index in [1.807, 2.05) is 11.8 Å². The third-order valence-corrected chi connectivity index (χ3v) is 4.09. The molecule has 0 bridgehead atoms. The van der Waals surface area contributed by atoms with Gasteiger partial charge in [0.15, 0.2) is 0 Å². The van der Waals surface area contributed by atoms with Crippen molar-refractivity contribution in [3.05, 3.63) is 24.3 Å². The Labute approximate surface area is 95.8 Å². The molecule has 1 aromatic rings. The first-order valence-corrected chi connectivity index (χ1v) is 6.54. The molecule has 82 valence electrons. The van der Waals surface area contributed by atoms with Crippen molar-refractivity contribution in [3.8, 4) is 0 Å². The normalized spacial score (nSPS) is 20.1. The van der Waals surface area contributed by atoms with E-state index in [1.54, 1.807) is 0 Å². The fourth-order valence-electron chi connectivity index (χ4n) is 2.15. The van der Waals surface area contributed by atoms with Crippen LogP contribution in [0.15, 0.2) is 29.2 Å². The summed E-state index contributed by atoms with van der Waals surface area (Å²) in [7, 11) is 0. The topological polar surface area (TPSA) is 29.3 Å². The van der Waals surface area contributed by atoms with Crippen LogP contribution in [0.4, 0.5) is 5.69 Å². The van der Waals surface area contributed by atoms with Crippen molar-refractivity contribution in [2.45, 2.75) is 24.3 Å². The molecule has 1 aliphatic rings. The quantitative estimate of drug-likeness (QED) is 0.851. The molecule has 2 nitrogen and oxygen atoms in total. The Morgan fingerprint density at radius 3 is 3.00 bits per heavy atom. The van der Waals surface area contributed by atoms with Crippen molar-refractivity contribution < 1.29 is 0 Å². The highest BCUT2D eigenvalue weighted by atomic mass is 32.2. The molecule has 3 heteroatoms. The molecule has 2 rings (SSSR count). The molecule has 1 heterocycles. The number of anilines is 1. The van der Waals surface area contributed by atoms with Crippen molar-refractivity contribution in [2.75, 3.05) is 23.7 Å². The summed E-state index contributed by atoms with van der Waals surface area (Å²) in [5.74, 6) is 1.17. The maximum Gasteiger partial charge on any atom is 0.0507 e. The molecule has 1 unspecified atom stereocenters. The third kappa shape index (κ3) is 2.13. The van der Waals surface area contributed by atoms with Crippen molar-refractivity contribution in [1.82, 2.24) is 0 Å². The Bertz CT molecular complexity index is 327. The zero-order chi connectivity index (χ0) is 10.7. The second-order valence-corrected chi connectivity index (χ2v) is 4.86. The average molecular weight is 222 g/mol. The molecule has 15 heavy (non-hydrogen) atoms.